The van der Waals surface area contributed by atoms with Crippen LogP contribution in [0, 0.1) is 0 Å². The zero-order valence-electron chi connectivity index (χ0n) is 22.7. The number of benzene rings is 2. The minimum absolute atomic E-state index is 0.0689. The number of nitrogens with zero attached hydrogens (tertiary/aromatic N) is 1. The van der Waals surface area contributed by atoms with Crippen molar-refractivity contribution in [2.45, 2.75) is 20.0 Å². The molecule has 1 aliphatic heterocycles. The summed E-state index contributed by atoms with van der Waals surface area (Å²) in [5, 5.41) is 8.70. The summed E-state index contributed by atoms with van der Waals surface area (Å²) in [7, 11) is 1.24. The van der Waals surface area contributed by atoms with Crippen molar-refractivity contribution < 1.29 is 23.9 Å². The van der Waals surface area contributed by atoms with Crippen LogP contribution in [0.25, 0.3) is 33.2 Å². The fraction of sp³-hybridized carbons (Fsp3) is 0.161. The van der Waals surface area contributed by atoms with Crippen LogP contribution in [0.2, 0.25) is 0 Å². The molecule has 0 unspecified atom stereocenters. The van der Waals surface area contributed by atoms with Gasteiger partial charge in [0, 0.05) is 56.3 Å². The molecule has 6 rings (SSSR count). The van der Waals surface area contributed by atoms with Crippen molar-refractivity contribution >= 4 is 61.6 Å². The number of carbonyl (C=O) groups is 3. The lowest BCUT2D eigenvalue weighted by Crippen LogP contribution is -2.26. The Kier molecular flexibility index (Phi) is 7.53. The van der Waals surface area contributed by atoms with Gasteiger partial charge >= 0.3 is 5.97 Å². The summed E-state index contributed by atoms with van der Waals surface area (Å²) in [5.41, 5.74) is 4.30. The van der Waals surface area contributed by atoms with Crippen LogP contribution in [-0.2, 0) is 11.3 Å². The molecule has 0 atom stereocenters. The van der Waals surface area contributed by atoms with Gasteiger partial charge in [0.05, 0.1) is 17.3 Å². The van der Waals surface area contributed by atoms with E-state index in [0.29, 0.717) is 41.3 Å². The second-order valence-electron chi connectivity index (χ2n) is 9.60. The number of thiophene rings is 1. The normalized spacial score (nSPS) is 11.8. The van der Waals surface area contributed by atoms with Gasteiger partial charge in [-0.25, -0.2) is 9.78 Å². The molecule has 0 fully saturated rings. The van der Waals surface area contributed by atoms with Gasteiger partial charge in [-0.05, 0) is 76.3 Å². The Hall–Kier alpha value is -4.48. The minimum atomic E-state index is -0.735. The maximum absolute atomic E-state index is 14.0. The molecule has 3 N–H and O–H groups in total. The van der Waals surface area contributed by atoms with Gasteiger partial charge < -0.3 is 25.1 Å². The Bertz CT molecular complexity index is 1880. The number of methoxy groups -OCH3 is 1. The summed E-state index contributed by atoms with van der Waals surface area (Å²) in [6.45, 7) is 2.81. The van der Waals surface area contributed by atoms with Crippen molar-refractivity contribution in [2.75, 3.05) is 19.0 Å². The van der Waals surface area contributed by atoms with Crippen LogP contribution < -0.4 is 15.4 Å². The van der Waals surface area contributed by atoms with E-state index < -0.39 is 17.8 Å². The van der Waals surface area contributed by atoms with Gasteiger partial charge in [-0.1, -0.05) is 6.92 Å². The maximum Gasteiger partial charge on any atom is 0.357 e. The first-order chi connectivity index (χ1) is 20.4. The predicted octanol–water partition coefficient (Wildman–Crippen LogP) is 6.79. The Morgan fingerprint density at radius 1 is 1.05 bits per heavy atom. The lowest BCUT2D eigenvalue weighted by atomic mass is 9.91. The molecule has 9 nitrogen and oxygen atoms in total. The first-order valence-corrected chi connectivity index (χ1v) is 14.9. The Labute approximate surface area is 253 Å². The standard InChI is InChI=1S/C31H25BrN4O5S/c1-3-10-34-30(38)24-5-4-17(28(35-24)31(39)40-2)19-14-25-20(16-9-12-42-26(16)15-41-25)13-21(19)29(37)36-23-7-6-22-18(27(23)32)8-11-33-22/h4-9,11-14,33H,3,10,15H2,1-2H3,(H,34,38)(H,36,37). The van der Waals surface area contributed by atoms with Crippen molar-refractivity contribution in [3.63, 3.8) is 0 Å². The van der Waals surface area contributed by atoms with E-state index in [9.17, 15) is 14.4 Å². The molecule has 212 valence electrons. The summed E-state index contributed by atoms with van der Waals surface area (Å²) in [6, 6.07) is 14.3. The quantitative estimate of drug-likeness (QED) is 0.168. The van der Waals surface area contributed by atoms with Crippen molar-refractivity contribution in [3.05, 3.63) is 86.4 Å². The fourth-order valence-corrected chi connectivity index (χ4v) is 6.30. The number of aromatic amines is 1. The van der Waals surface area contributed by atoms with E-state index in [2.05, 4.69) is 36.5 Å². The van der Waals surface area contributed by atoms with Crippen LogP contribution in [0.5, 0.6) is 5.75 Å². The summed E-state index contributed by atoms with van der Waals surface area (Å²) < 4.78 is 11.9. The third kappa shape index (κ3) is 4.94. The van der Waals surface area contributed by atoms with Gasteiger partial charge in [-0.15, -0.1) is 11.3 Å². The predicted molar refractivity (Wildman–Crippen MR) is 165 cm³/mol. The number of carbonyl (C=O) groups excluding carboxylic acids is 3. The Balaban J connectivity index is 1.50. The molecule has 0 radical (unpaired) electrons. The molecule has 3 aromatic heterocycles. The number of anilines is 1. The molecule has 0 aliphatic carbocycles. The van der Waals surface area contributed by atoms with E-state index in [0.717, 1.165) is 37.8 Å². The molecular weight excluding hydrogens is 620 g/mol. The number of H-pyrrole nitrogens is 1. The highest BCUT2D eigenvalue weighted by molar-refractivity contribution is 9.10. The smallest absolute Gasteiger partial charge is 0.357 e. The number of ether oxygens (including phenoxy) is 2. The number of amides is 2. The summed E-state index contributed by atoms with van der Waals surface area (Å²) in [6.07, 6.45) is 2.58. The Morgan fingerprint density at radius 3 is 2.71 bits per heavy atom. The number of pyridine rings is 1. The highest BCUT2D eigenvalue weighted by atomic mass is 79.9. The van der Waals surface area contributed by atoms with Crippen molar-refractivity contribution in [3.8, 4) is 28.0 Å². The van der Waals surface area contributed by atoms with Gasteiger partial charge in [0.1, 0.15) is 18.1 Å². The zero-order valence-corrected chi connectivity index (χ0v) is 25.1. The lowest BCUT2D eigenvalue weighted by molar-refractivity contribution is 0.0594. The molecule has 11 heteroatoms. The van der Waals surface area contributed by atoms with Crippen LogP contribution in [0.1, 0.15) is 49.6 Å². The van der Waals surface area contributed by atoms with Crippen molar-refractivity contribution in [1.82, 2.24) is 15.3 Å². The number of halogens is 1. The molecule has 2 aromatic carbocycles. The number of aromatic nitrogens is 2. The topological polar surface area (TPSA) is 122 Å². The number of hydrogen-bond acceptors (Lipinski definition) is 7. The second kappa shape index (κ2) is 11.4. The lowest BCUT2D eigenvalue weighted by Gasteiger charge is -2.22. The van der Waals surface area contributed by atoms with Crippen LogP contribution in [0.15, 0.2) is 64.6 Å². The molecule has 42 heavy (non-hydrogen) atoms. The number of hydrogen-bond donors (Lipinski definition) is 3. The van der Waals surface area contributed by atoms with Gasteiger partial charge in [-0.2, -0.15) is 0 Å². The average molecular weight is 646 g/mol. The molecule has 0 saturated carbocycles. The molecular formula is C31H25BrN4O5S. The van der Waals surface area contributed by atoms with Gasteiger partial charge in [-0.3, -0.25) is 9.59 Å². The molecule has 2 amide bonds. The highest BCUT2D eigenvalue weighted by Crippen LogP contribution is 2.44. The summed E-state index contributed by atoms with van der Waals surface area (Å²) in [5.74, 6) is -0.967. The third-order valence-electron chi connectivity index (χ3n) is 7.01. The molecule has 1 aliphatic rings. The zero-order chi connectivity index (χ0) is 29.4. The second-order valence-corrected chi connectivity index (χ2v) is 11.4. The first kappa shape index (κ1) is 27.7. The molecule has 5 aromatic rings. The van der Waals surface area contributed by atoms with E-state index >= 15 is 0 Å². The average Bonchev–Trinajstić information content (AvgIpc) is 3.70. The molecule has 0 saturated heterocycles. The summed E-state index contributed by atoms with van der Waals surface area (Å²) in [4.78, 5) is 48.3. The molecule has 0 spiro atoms. The minimum Gasteiger partial charge on any atom is -0.487 e. The van der Waals surface area contributed by atoms with Gasteiger partial charge in [0.15, 0.2) is 5.69 Å². The van der Waals surface area contributed by atoms with Crippen LogP contribution >= 0.6 is 27.3 Å². The van der Waals surface area contributed by atoms with E-state index in [-0.39, 0.29) is 11.4 Å². The maximum atomic E-state index is 14.0. The Morgan fingerprint density at radius 2 is 1.90 bits per heavy atom. The largest absolute Gasteiger partial charge is 0.487 e. The highest BCUT2D eigenvalue weighted by Gasteiger charge is 2.27. The van der Waals surface area contributed by atoms with Crippen LogP contribution in [-0.4, -0.2) is 41.4 Å². The van der Waals surface area contributed by atoms with Gasteiger partial charge in [0.2, 0.25) is 0 Å². The fourth-order valence-electron chi connectivity index (χ4n) is 4.92. The van der Waals surface area contributed by atoms with E-state index in [4.69, 9.17) is 9.47 Å². The monoisotopic (exact) mass is 644 g/mol. The first-order valence-electron chi connectivity index (χ1n) is 13.2. The van der Waals surface area contributed by atoms with Crippen LogP contribution in [0.4, 0.5) is 5.69 Å². The van der Waals surface area contributed by atoms with Gasteiger partial charge in [0.25, 0.3) is 11.8 Å². The number of fused-ring (bicyclic) bond motifs is 4. The summed E-state index contributed by atoms with van der Waals surface area (Å²) >= 11 is 5.20. The van der Waals surface area contributed by atoms with Crippen LogP contribution in [0.3, 0.4) is 0 Å². The van der Waals surface area contributed by atoms with E-state index in [1.807, 2.05) is 42.8 Å². The SMILES string of the molecule is CCCNC(=O)c1ccc(-c2cc3c(cc2C(=O)Nc2ccc4[nH]ccc4c2Br)-c2ccsc2CO3)c(C(=O)OC)n1. The third-order valence-corrected chi connectivity index (χ3v) is 8.76. The van der Waals surface area contributed by atoms with E-state index in [1.54, 1.807) is 29.5 Å². The van der Waals surface area contributed by atoms with Crippen molar-refractivity contribution in [2.24, 2.45) is 0 Å². The number of rotatable bonds is 7. The van der Waals surface area contributed by atoms with Crippen molar-refractivity contribution in [1.29, 1.82) is 0 Å². The number of esters is 1. The molecule has 4 heterocycles. The number of nitrogens with one attached hydrogen (secondary N) is 3. The van der Waals surface area contributed by atoms with E-state index in [1.165, 1.54) is 13.2 Å². The molecule has 0 bridgehead atoms.